The number of nitro benzene ring substituents is 1. The maximum absolute atomic E-state index is 12.1. The summed E-state index contributed by atoms with van der Waals surface area (Å²) >= 11 is 0. The molecule has 0 saturated heterocycles. The first kappa shape index (κ1) is 14.6. The summed E-state index contributed by atoms with van der Waals surface area (Å²) in [5.74, 6) is 0. The number of rotatable bonds is 5. The first-order valence-electron chi connectivity index (χ1n) is 6.12. The molecule has 0 radical (unpaired) electrons. The van der Waals surface area contributed by atoms with E-state index in [1.165, 1.54) is 18.2 Å². The molecule has 108 valence electrons. The van der Waals surface area contributed by atoms with Crippen LogP contribution in [0.25, 0.3) is 0 Å². The third-order valence-corrected chi connectivity index (χ3v) is 4.38. The van der Waals surface area contributed by atoms with Crippen LogP contribution >= 0.6 is 0 Å². The standard InChI is InChI=1S/C12H15N3O4S/c16-15(17)11-2-1-3-12(8-11)20(18,19)14-9-10-4-6-13-7-5-10/h1-4,8,13-14H,5-7,9H2. The third-order valence-electron chi connectivity index (χ3n) is 2.99. The highest BCUT2D eigenvalue weighted by Crippen LogP contribution is 2.17. The minimum Gasteiger partial charge on any atom is -0.313 e. The van der Waals surface area contributed by atoms with Crippen LogP contribution in [0.1, 0.15) is 6.42 Å². The number of nitrogens with zero attached hydrogens (tertiary/aromatic N) is 1. The van der Waals surface area contributed by atoms with Gasteiger partial charge in [0.05, 0.1) is 9.82 Å². The summed E-state index contributed by atoms with van der Waals surface area (Å²) < 4.78 is 26.6. The molecular formula is C12H15N3O4S. The average molecular weight is 297 g/mol. The van der Waals surface area contributed by atoms with Gasteiger partial charge in [0.25, 0.3) is 5.69 Å². The van der Waals surface area contributed by atoms with Crippen molar-refractivity contribution in [1.82, 2.24) is 10.0 Å². The van der Waals surface area contributed by atoms with E-state index in [2.05, 4.69) is 10.0 Å². The molecule has 0 bridgehead atoms. The molecule has 2 rings (SSSR count). The molecule has 0 amide bonds. The van der Waals surface area contributed by atoms with Gasteiger partial charge >= 0.3 is 0 Å². The highest BCUT2D eigenvalue weighted by Gasteiger charge is 2.17. The van der Waals surface area contributed by atoms with Gasteiger partial charge in [-0.3, -0.25) is 10.1 Å². The quantitative estimate of drug-likeness (QED) is 0.475. The van der Waals surface area contributed by atoms with E-state index >= 15 is 0 Å². The zero-order valence-corrected chi connectivity index (χ0v) is 11.5. The fraction of sp³-hybridized carbons (Fsp3) is 0.333. The van der Waals surface area contributed by atoms with Crippen LogP contribution in [-0.4, -0.2) is 33.0 Å². The van der Waals surface area contributed by atoms with Gasteiger partial charge in [-0.15, -0.1) is 0 Å². The number of nitro groups is 1. The van der Waals surface area contributed by atoms with E-state index in [9.17, 15) is 18.5 Å². The summed E-state index contributed by atoms with van der Waals surface area (Å²) in [7, 11) is -3.73. The molecule has 1 aliphatic heterocycles. The SMILES string of the molecule is O=[N+]([O-])c1cccc(S(=O)(=O)NCC2=CCNCC2)c1. The molecule has 7 nitrogen and oxygen atoms in total. The maximum Gasteiger partial charge on any atom is 0.270 e. The first-order chi connectivity index (χ1) is 9.49. The second-order valence-corrected chi connectivity index (χ2v) is 6.16. The van der Waals surface area contributed by atoms with E-state index in [0.29, 0.717) is 0 Å². The summed E-state index contributed by atoms with van der Waals surface area (Å²) in [6.45, 7) is 1.78. The van der Waals surface area contributed by atoms with Crippen molar-refractivity contribution in [1.29, 1.82) is 0 Å². The van der Waals surface area contributed by atoms with Gasteiger partial charge in [0.2, 0.25) is 10.0 Å². The van der Waals surface area contributed by atoms with Crippen molar-refractivity contribution >= 4 is 15.7 Å². The minimum absolute atomic E-state index is 0.0961. The Morgan fingerprint density at radius 2 is 2.20 bits per heavy atom. The molecule has 0 saturated carbocycles. The van der Waals surface area contributed by atoms with Gasteiger partial charge in [0.1, 0.15) is 0 Å². The van der Waals surface area contributed by atoms with E-state index in [-0.39, 0.29) is 17.1 Å². The summed E-state index contributed by atoms with van der Waals surface area (Å²) in [6, 6.07) is 5.01. The van der Waals surface area contributed by atoms with Gasteiger partial charge in [0, 0.05) is 25.2 Å². The molecule has 1 aliphatic rings. The second kappa shape index (κ2) is 6.12. The number of hydrogen-bond acceptors (Lipinski definition) is 5. The average Bonchev–Trinajstić information content (AvgIpc) is 2.46. The molecule has 1 aromatic rings. The van der Waals surface area contributed by atoms with E-state index in [0.717, 1.165) is 31.1 Å². The van der Waals surface area contributed by atoms with Crippen LogP contribution in [0.2, 0.25) is 0 Å². The summed E-state index contributed by atoms with van der Waals surface area (Å²) in [5, 5.41) is 13.8. The first-order valence-corrected chi connectivity index (χ1v) is 7.60. The Morgan fingerprint density at radius 1 is 1.40 bits per heavy atom. The van der Waals surface area contributed by atoms with Gasteiger partial charge < -0.3 is 5.32 Å². The van der Waals surface area contributed by atoms with Gasteiger partial charge in [-0.25, -0.2) is 13.1 Å². The number of nitrogens with one attached hydrogen (secondary N) is 2. The van der Waals surface area contributed by atoms with E-state index in [1.54, 1.807) is 0 Å². The van der Waals surface area contributed by atoms with Gasteiger partial charge in [0.15, 0.2) is 0 Å². The van der Waals surface area contributed by atoms with Crippen molar-refractivity contribution in [3.63, 3.8) is 0 Å². The van der Waals surface area contributed by atoms with Crippen LogP contribution in [0.15, 0.2) is 40.8 Å². The van der Waals surface area contributed by atoms with Crippen LogP contribution in [0, 0.1) is 10.1 Å². The normalized spacial score (nSPS) is 15.7. The summed E-state index contributed by atoms with van der Waals surface area (Å²) in [6.07, 6.45) is 2.73. The lowest BCUT2D eigenvalue weighted by atomic mass is 10.1. The van der Waals surface area contributed by atoms with Crippen molar-refractivity contribution in [3.05, 3.63) is 46.0 Å². The van der Waals surface area contributed by atoms with E-state index in [4.69, 9.17) is 0 Å². The van der Waals surface area contributed by atoms with Crippen LogP contribution < -0.4 is 10.0 Å². The molecule has 0 atom stereocenters. The molecule has 1 heterocycles. The molecule has 8 heteroatoms. The number of benzene rings is 1. The van der Waals surface area contributed by atoms with Crippen LogP contribution in [-0.2, 0) is 10.0 Å². The van der Waals surface area contributed by atoms with E-state index < -0.39 is 14.9 Å². The predicted molar refractivity (Wildman–Crippen MR) is 73.9 cm³/mol. The largest absolute Gasteiger partial charge is 0.313 e. The molecule has 0 unspecified atom stereocenters. The van der Waals surface area contributed by atoms with Crippen LogP contribution in [0.3, 0.4) is 0 Å². The Balaban J connectivity index is 2.11. The monoisotopic (exact) mass is 297 g/mol. The van der Waals surface area contributed by atoms with E-state index in [1.807, 2.05) is 6.08 Å². The second-order valence-electron chi connectivity index (χ2n) is 4.40. The molecule has 0 aliphatic carbocycles. The molecule has 20 heavy (non-hydrogen) atoms. The van der Waals surface area contributed by atoms with Crippen molar-refractivity contribution < 1.29 is 13.3 Å². The molecule has 1 aromatic carbocycles. The fourth-order valence-electron chi connectivity index (χ4n) is 1.87. The maximum atomic E-state index is 12.1. The Labute approximate surface area is 116 Å². The Hall–Kier alpha value is -1.77. The van der Waals surface area contributed by atoms with Crippen molar-refractivity contribution in [2.24, 2.45) is 0 Å². The van der Waals surface area contributed by atoms with Gasteiger partial charge in [-0.05, 0) is 19.0 Å². The summed E-state index contributed by atoms with van der Waals surface area (Å²) in [5.41, 5.74) is 0.770. The van der Waals surface area contributed by atoms with Crippen molar-refractivity contribution in [2.75, 3.05) is 19.6 Å². The number of hydrogen-bond donors (Lipinski definition) is 2. The topological polar surface area (TPSA) is 101 Å². The van der Waals surface area contributed by atoms with Crippen molar-refractivity contribution in [3.8, 4) is 0 Å². The zero-order chi connectivity index (χ0) is 14.6. The molecule has 0 aromatic heterocycles. The van der Waals surface area contributed by atoms with Gasteiger partial charge in [-0.2, -0.15) is 0 Å². The lowest BCUT2D eigenvalue weighted by Crippen LogP contribution is -2.29. The molecule has 0 fully saturated rings. The Morgan fingerprint density at radius 3 is 2.85 bits per heavy atom. The molecule has 2 N–H and O–H groups in total. The lowest BCUT2D eigenvalue weighted by molar-refractivity contribution is -0.385. The number of sulfonamides is 1. The highest BCUT2D eigenvalue weighted by molar-refractivity contribution is 7.89. The third kappa shape index (κ3) is 3.62. The predicted octanol–water partition coefficient (Wildman–Crippen LogP) is 0.793. The van der Waals surface area contributed by atoms with Gasteiger partial charge in [-0.1, -0.05) is 17.7 Å². The zero-order valence-electron chi connectivity index (χ0n) is 10.7. The Kier molecular flexibility index (Phi) is 4.48. The summed E-state index contributed by atoms with van der Waals surface area (Å²) in [4.78, 5) is 9.95. The highest BCUT2D eigenvalue weighted by atomic mass is 32.2. The minimum atomic E-state index is -3.73. The van der Waals surface area contributed by atoms with Crippen molar-refractivity contribution in [2.45, 2.75) is 11.3 Å². The van der Waals surface area contributed by atoms with Crippen LogP contribution in [0.5, 0.6) is 0 Å². The molecular weight excluding hydrogens is 282 g/mol. The number of non-ortho nitro benzene ring substituents is 1. The van der Waals surface area contributed by atoms with Crippen LogP contribution in [0.4, 0.5) is 5.69 Å². The smallest absolute Gasteiger partial charge is 0.270 e. The lowest BCUT2D eigenvalue weighted by Gasteiger charge is -2.14. The fourth-order valence-corrected chi connectivity index (χ4v) is 2.94. The Bertz CT molecular complexity index is 640. The molecule has 0 spiro atoms.